The van der Waals surface area contributed by atoms with E-state index in [9.17, 15) is 0 Å². The molecular weight excluding hydrogens is 338 g/mol. The van der Waals surface area contributed by atoms with Crippen molar-refractivity contribution in [1.29, 1.82) is 0 Å². The maximum Gasteiger partial charge on any atom is 0.173 e. The van der Waals surface area contributed by atoms with Crippen molar-refractivity contribution in [2.75, 3.05) is 18.0 Å². The number of fused-ring (bicyclic) bond motifs is 1. The van der Waals surface area contributed by atoms with Gasteiger partial charge >= 0.3 is 0 Å². The fourth-order valence-corrected chi connectivity index (χ4v) is 4.34. The van der Waals surface area contributed by atoms with Crippen LogP contribution in [0.3, 0.4) is 0 Å². The predicted molar refractivity (Wildman–Crippen MR) is 116 cm³/mol. The van der Waals surface area contributed by atoms with Gasteiger partial charge in [-0.3, -0.25) is 4.90 Å². The highest BCUT2D eigenvalue weighted by atomic mass is 32.1. The van der Waals surface area contributed by atoms with Crippen LogP contribution in [-0.4, -0.2) is 35.2 Å². The predicted octanol–water partition coefficient (Wildman–Crippen LogP) is 4.87. The number of allylic oxidation sites excluding steroid dienone is 1. The van der Waals surface area contributed by atoms with Crippen molar-refractivity contribution in [2.24, 2.45) is 0 Å². The van der Waals surface area contributed by atoms with Crippen LogP contribution in [0.25, 0.3) is 0 Å². The van der Waals surface area contributed by atoms with E-state index in [2.05, 4.69) is 66.2 Å². The highest BCUT2D eigenvalue weighted by molar-refractivity contribution is 7.80. The Kier molecular flexibility index (Phi) is 6.71. The maximum atomic E-state index is 5.87. The van der Waals surface area contributed by atoms with Crippen molar-refractivity contribution >= 4 is 23.0 Å². The monoisotopic (exact) mass is 371 g/mol. The largest absolute Gasteiger partial charge is 0.360 e. The zero-order valence-corrected chi connectivity index (χ0v) is 17.3. The van der Waals surface area contributed by atoms with Gasteiger partial charge in [0.2, 0.25) is 0 Å². The summed E-state index contributed by atoms with van der Waals surface area (Å²) in [6.07, 6.45) is 8.84. The van der Waals surface area contributed by atoms with Crippen molar-refractivity contribution in [1.82, 2.24) is 10.2 Å². The van der Waals surface area contributed by atoms with Crippen LogP contribution in [0, 0.1) is 0 Å². The Balaban J connectivity index is 1.79. The number of hydrogen-bond acceptors (Lipinski definition) is 2. The second kappa shape index (κ2) is 9.01. The molecule has 1 aromatic carbocycles. The minimum atomic E-state index is 0.448. The highest BCUT2D eigenvalue weighted by Gasteiger charge is 2.27. The van der Waals surface area contributed by atoms with Gasteiger partial charge in [0.15, 0.2) is 5.11 Å². The summed E-state index contributed by atoms with van der Waals surface area (Å²) in [5, 5.41) is 4.57. The highest BCUT2D eigenvalue weighted by Crippen LogP contribution is 2.28. The lowest BCUT2D eigenvalue weighted by Crippen LogP contribution is -2.49. The fourth-order valence-electron chi connectivity index (χ4n) is 4.00. The van der Waals surface area contributed by atoms with Gasteiger partial charge in [-0.15, -0.1) is 0 Å². The molecule has 0 saturated heterocycles. The van der Waals surface area contributed by atoms with Gasteiger partial charge in [0.25, 0.3) is 0 Å². The van der Waals surface area contributed by atoms with Crippen LogP contribution in [0.1, 0.15) is 58.4 Å². The molecule has 3 rings (SSSR count). The minimum absolute atomic E-state index is 0.448. The van der Waals surface area contributed by atoms with E-state index >= 15 is 0 Å². The first-order chi connectivity index (χ1) is 12.5. The van der Waals surface area contributed by atoms with E-state index in [-0.39, 0.29) is 0 Å². The first-order valence-electron chi connectivity index (χ1n) is 10.1. The zero-order valence-electron chi connectivity index (χ0n) is 16.5. The van der Waals surface area contributed by atoms with Crippen molar-refractivity contribution in [3.05, 3.63) is 41.5 Å². The van der Waals surface area contributed by atoms with E-state index in [1.807, 2.05) is 0 Å². The molecule has 3 nitrogen and oxygen atoms in total. The van der Waals surface area contributed by atoms with E-state index in [0.717, 1.165) is 24.7 Å². The topological polar surface area (TPSA) is 18.5 Å². The molecule has 0 spiro atoms. The Hall–Kier alpha value is -1.39. The fraction of sp³-hybridized carbons (Fsp3) is 0.591. The quantitative estimate of drug-likeness (QED) is 0.603. The van der Waals surface area contributed by atoms with Crippen LogP contribution in [0.5, 0.6) is 0 Å². The van der Waals surface area contributed by atoms with Gasteiger partial charge in [-0.1, -0.05) is 49.1 Å². The minimum Gasteiger partial charge on any atom is -0.360 e. The first-order valence-corrected chi connectivity index (χ1v) is 10.5. The van der Waals surface area contributed by atoms with Gasteiger partial charge < -0.3 is 10.2 Å². The van der Waals surface area contributed by atoms with Crippen LogP contribution in [-0.2, 0) is 6.54 Å². The third-order valence-electron chi connectivity index (χ3n) is 5.64. The smallest absolute Gasteiger partial charge is 0.173 e. The van der Waals surface area contributed by atoms with E-state index < -0.39 is 0 Å². The standard InChI is InChI=1S/C22H33N3S/c1-17(2)13-14-24-16-19-9-7-8-12-21(19)25(15-18(24)3)22(26)23-20-10-5-4-6-11-20/h7-9,12-13,18,20H,4-6,10-11,14-16H2,1-3H3,(H,23,26). The number of para-hydroxylation sites is 1. The van der Waals surface area contributed by atoms with Crippen LogP contribution >= 0.6 is 12.2 Å². The van der Waals surface area contributed by atoms with Crippen molar-refractivity contribution in [3.8, 4) is 0 Å². The Morgan fingerprint density at radius 2 is 1.92 bits per heavy atom. The van der Waals surface area contributed by atoms with Crippen LogP contribution < -0.4 is 10.2 Å². The van der Waals surface area contributed by atoms with E-state index in [4.69, 9.17) is 12.2 Å². The maximum absolute atomic E-state index is 5.87. The number of hydrogen-bond donors (Lipinski definition) is 1. The number of anilines is 1. The molecule has 26 heavy (non-hydrogen) atoms. The summed E-state index contributed by atoms with van der Waals surface area (Å²) in [5.74, 6) is 0. The second-order valence-corrected chi connectivity index (χ2v) is 8.47. The molecule has 1 unspecified atom stereocenters. The normalized spacial score (nSPS) is 21.7. The van der Waals surface area contributed by atoms with Crippen molar-refractivity contribution < 1.29 is 0 Å². The number of nitrogens with one attached hydrogen (secondary N) is 1. The third kappa shape index (κ3) is 4.86. The summed E-state index contributed by atoms with van der Waals surface area (Å²) in [4.78, 5) is 4.89. The molecule has 1 saturated carbocycles. The van der Waals surface area contributed by atoms with Crippen LogP contribution in [0.15, 0.2) is 35.9 Å². The van der Waals surface area contributed by atoms with Gasteiger partial charge in [-0.25, -0.2) is 0 Å². The SMILES string of the molecule is CC(C)=CCN1Cc2ccccc2N(C(=S)NC2CCCCC2)CC1C. The molecule has 0 bridgehead atoms. The number of thiocarbonyl (C=S) groups is 1. The Morgan fingerprint density at radius 3 is 2.65 bits per heavy atom. The van der Waals surface area contributed by atoms with Crippen molar-refractivity contribution in [3.63, 3.8) is 0 Å². The zero-order chi connectivity index (χ0) is 18.5. The lowest BCUT2D eigenvalue weighted by Gasteiger charge is -2.33. The molecule has 2 aliphatic rings. The van der Waals surface area contributed by atoms with Crippen molar-refractivity contribution in [2.45, 2.75) is 71.5 Å². The van der Waals surface area contributed by atoms with Crippen LogP contribution in [0.2, 0.25) is 0 Å². The molecule has 0 radical (unpaired) electrons. The van der Waals surface area contributed by atoms with Gasteiger partial charge in [-0.05, 0) is 57.5 Å². The molecule has 0 amide bonds. The van der Waals surface area contributed by atoms with Gasteiger partial charge in [-0.2, -0.15) is 0 Å². The molecule has 1 heterocycles. The lowest BCUT2D eigenvalue weighted by atomic mass is 9.96. The van der Waals surface area contributed by atoms with E-state index in [1.165, 1.54) is 48.9 Å². The molecule has 142 valence electrons. The summed E-state index contributed by atoms with van der Waals surface area (Å²) >= 11 is 5.87. The molecular formula is C22H33N3S. The molecule has 1 fully saturated rings. The first kappa shape index (κ1) is 19.4. The molecule has 1 aliphatic heterocycles. The average molecular weight is 372 g/mol. The average Bonchev–Trinajstić information content (AvgIpc) is 2.77. The molecule has 1 atom stereocenters. The molecule has 4 heteroatoms. The number of rotatable bonds is 3. The summed E-state index contributed by atoms with van der Waals surface area (Å²) in [6, 6.07) is 9.74. The summed E-state index contributed by atoms with van der Waals surface area (Å²) < 4.78 is 0. The lowest BCUT2D eigenvalue weighted by molar-refractivity contribution is 0.233. The number of benzene rings is 1. The number of nitrogens with zero attached hydrogens (tertiary/aromatic N) is 2. The Morgan fingerprint density at radius 1 is 1.19 bits per heavy atom. The molecule has 0 aromatic heterocycles. The second-order valence-electron chi connectivity index (χ2n) is 8.08. The van der Waals surface area contributed by atoms with E-state index in [0.29, 0.717) is 12.1 Å². The molecule has 1 aromatic rings. The molecule has 1 N–H and O–H groups in total. The van der Waals surface area contributed by atoms with E-state index in [1.54, 1.807) is 0 Å². The summed E-state index contributed by atoms with van der Waals surface area (Å²) in [7, 11) is 0. The Labute approximate surface area is 164 Å². The van der Waals surface area contributed by atoms with Gasteiger partial charge in [0, 0.05) is 37.4 Å². The van der Waals surface area contributed by atoms with Gasteiger partial charge in [0.05, 0.1) is 0 Å². The van der Waals surface area contributed by atoms with Crippen LogP contribution in [0.4, 0.5) is 5.69 Å². The van der Waals surface area contributed by atoms with Gasteiger partial charge in [0.1, 0.15) is 0 Å². The Bertz CT molecular complexity index is 645. The summed E-state index contributed by atoms with van der Waals surface area (Å²) in [6.45, 7) is 9.57. The molecule has 1 aliphatic carbocycles. The summed E-state index contributed by atoms with van der Waals surface area (Å²) in [5.41, 5.74) is 4.01. The third-order valence-corrected chi connectivity index (χ3v) is 5.98.